The van der Waals surface area contributed by atoms with E-state index >= 15 is 0 Å². The second kappa shape index (κ2) is 4.81. The number of rotatable bonds is 3. The molecule has 0 saturated heterocycles. The summed E-state index contributed by atoms with van der Waals surface area (Å²) in [6, 6.07) is 11.6. The summed E-state index contributed by atoms with van der Waals surface area (Å²) >= 11 is 2.24. The quantitative estimate of drug-likeness (QED) is 0.883. The van der Waals surface area contributed by atoms with Crippen LogP contribution in [0.2, 0.25) is 0 Å². The number of aliphatic hydroxyl groups excluding tert-OH is 1. The summed E-state index contributed by atoms with van der Waals surface area (Å²) in [6.45, 7) is 0. The van der Waals surface area contributed by atoms with Crippen LogP contribution in [0, 0.1) is 3.57 Å². The van der Waals surface area contributed by atoms with E-state index < -0.39 is 6.10 Å². The van der Waals surface area contributed by atoms with Gasteiger partial charge in [0.25, 0.3) is 0 Å². The van der Waals surface area contributed by atoms with Crippen LogP contribution in [-0.4, -0.2) is 5.11 Å². The molecule has 2 aromatic rings. The fraction of sp³-hybridized carbons (Fsp3) is 0.167. The molecule has 15 heavy (non-hydrogen) atoms. The van der Waals surface area contributed by atoms with Crippen molar-refractivity contribution in [1.29, 1.82) is 0 Å². The predicted molar refractivity (Wildman–Crippen MR) is 66.5 cm³/mol. The average molecular weight is 314 g/mol. The molecule has 78 valence electrons. The Labute approximate surface area is 102 Å². The zero-order valence-corrected chi connectivity index (χ0v) is 10.2. The Hall–Kier alpha value is -0.810. The normalized spacial score (nSPS) is 12.7. The molecule has 1 aromatic carbocycles. The minimum atomic E-state index is -0.492. The molecule has 0 fully saturated rings. The Kier molecular flexibility index (Phi) is 3.43. The van der Waals surface area contributed by atoms with E-state index in [1.165, 1.54) is 3.57 Å². The van der Waals surface area contributed by atoms with Crippen LogP contribution in [-0.2, 0) is 6.42 Å². The van der Waals surface area contributed by atoms with Crippen LogP contribution in [0.5, 0.6) is 0 Å². The summed E-state index contributed by atoms with van der Waals surface area (Å²) in [5.41, 5.74) is 0.923. The standard InChI is InChI=1S/C12H11IO2/c13-10-5-3-9(4-6-10)12(14)8-11-2-1-7-15-11/h1-7,12,14H,8H2. The van der Waals surface area contributed by atoms with Crippen LogP contribution in [0.25, 0.3) is 0 Å². The Balaban J connectivity index is 2.08. The molecule has 1 aromatic heterocycles. The molecule has 0 aliphatic heterocycles. The summed E-state index contributed by atoms with van der Waals surface area (Å²) in [5.74, 6) is 0.807. The molecule has 0 spiro atoms. The molecule has 1 N–H and O–H groups in total. The zero-order valence-electron chi connectivity index (χ0n) is 8.06. The van der Waals surface area contributed by atoms with Crippen LogP contribution in [0.15, 0.2) is 47.1 Å². The van der Waals surface area contributed by atoms with Crippen molar-refractivity contribution in [3.63, 3.8) is 0 Å². The zero-order chi connectivity index (χ0) is 10.7. The monoisotopic (exact) mass is 314 g/mol. The van der Waals surface area contributed by atoms with Gasteiger partial charge in [0.15, 0.2) is 0 Å². The van der Waals surface area contributed by atoms with Crippen molar-refractivity contribution >= 4 is 22.6 Å². The van der Waals surface area contributed by atoms with E-state index in [2.05, 4.69) is 22.6 Å². The average Bonchev–Trinajstić information content (AvgIpc) is 2.71. The largest absolute Gasteiger partial charge is 0.469 e. The molecule has 2 nitrogen and oxygen atoms in total. The minimum absolute atomic E-state index is 0.492. The lowest BCUT2D eigenvalue weighted by atomic mass is 10.1. The first-order valence-electron chi connectivity index (χ1n) is 4.71. The number of halogens is 1. The van der Waals surface area contributed by atoms with Gasteiger partial charge in [-0.2, -0.15) is 0 Å². The van der Waals surface area contributed by atoms with Crippen LogP contribution >= 0.6 is 22.6 Å². The molecule has 0 bridgehead atoms. The fourth-order valence-electron chi connectivity index (χ4n) is 1.42. The van der Waals surface area contributed by atoms with Crippen LogP contribution < -0.4 is 0 Å². The molecular weight excluding hydrogens is 303 g/mol. The lowest BCUT2D eigenvalue weighted by Gasteiger charge is -2.08. The van der Waals surface area contributed by atoms with Crippen molar-refractivity contribution in [3.05, 3.63) is 57.6 Å². The molecule has 0 aliphatic carbocycles. The predicted octanol–water partition coefficient (Wildman–Crippen LogP) is 3.16. The Morgan fingerprint density at radius 1 is 1.20 bits per heavy atom. The van der Waals surface area contributed by atoms with Crippen molar-refractivity contribution in [2.75, 3.05) is 0 Å². The molecular formula is C12H11IO2. The summed E-state index contributed by atoms with van der Waals surface area (Å²) < 4.78 is 6.36. The van der Waals surface area contributed by atoms with Crippen molar-refractivity contribution in [1.82, 2.24) is 0 Å². The first-order valence-corrected chi connectivity index (χ1v) is 5.79. The molecule has 0 amide bonds. The highest BCUT2D eigenvalue weighted by Crippen LogP contribution is 2.19. The lowest BCUT2D eigenvalue weighted by Crippen LogP contribution is -2.00. The van der Waals surface area contributed by atoms with Crippen LogP contribution in [0.1, 0.15) is 17.4 Å². The van der Waals surface area contributed by atoms with Crippen molar-refractivity contribution < 1.29 is 9.52 Å². The van der Waals surface area contributed by atoms with Gasteiger partial charge in [0.05, 0.1) is 12.4 Å². The van der Waals surface area contributed by atoms with Crippen molar-refractivity contribution in [2.45, 2.75) is 12.5 Å². The van der Waals surface area contributed by atoms with E-state index in [1.807, 2.05) is 36.4 Å². The molecule has 1 atom stereocenters. The summed E-state index contributed by atoms with van der Waals surface area (Å²) in [6.07, 6.45) is 1.65. The molecule has 1 heterocycles. The van der Waals surface area contributed by atoms with E-state index in [1.54, 1.807) is 6.26 Å². The third-order valence-electron chi connectivity index (χ3n) is 2.23. The smallest absolute Gasteiger partial charge is 0.106 e. The highest BCUT2D eigenvalue weighted by atomic mass is 127. The third-order valence-corrected chi connectivity index (χ3v) is 2.95. The molecule has 1 unspecified atom stereocenters. The maximum Gasteiger partial charge on any atom is 0.106 e. The van der Waals surface area contributed by atoms with Gasteiger partial charge in [0.2, 0.25) is 0 Å². The van der Waals surface area contributed by atoms with Crippen molar-refractivity contribution in [3.8, 4) is 0 Å². The van der Waals surface area contributed by atoms with E-state index in [4.69, 9.17) is 4.42 Å². The second-order valence-corrected chi connectivity index (χ2v) is 4.60. The number of furan rings is 1. The van der Waals surface area contributed by atoms with Crippen molar-refractivity contribution in [2.24, 2.45) is 0 Å². The Morgan fingerprint density at radius 2 is 1.93 bits per heavy atom. The van der Waals surface area contributed by atoms with Gasteiger partial charge in [-0.3, -0.25) is 0 Å². The molecule has 0 radical (unpaired) electrons. The van der Waals surface area contributed by atoms with Gasteiger partial charge < -0.3 is 9.52 Å². The fourth-order valence-corrected chi connectivity index (χ4v) is 1.78. The van der Waals surface area contributed by atoms with Gasteiger partial charge in [-0.1, -0.05) is 12.1 Å². The van der Waals surface area contributed by atoms with E-state index in [-0.39, 0.29) is 0 Å². The second-order valence-electron chi connectivity index (χ2n) is 3.35. The van der Waals surface area contributed by atoms with Gasteiger partial charge in [0.1, 0.15) is 5.76 Å². The Bertz CT molecular complexity index is 406. The number of benzene rings is 1. The van der Waals surface area contributed by atoms with Gasteiger partial charge in [0, 0.05) is 9.99 Å². The SMILES string of the molecule is OC(Cc1ccco1)c1ccc(I)cc1. The maximum absolute atomic E-state index is 9.92. The maximum atomic E-state index is 9.92. The van der Waals surface area contributed by atoms with Gasteiger partial charge in [-0.15, -0.1) is 0 Å². The lowest BCUT2D eigenvalue weighted by molar-refractivity contribution is 0.170. The van der Waals surface area contributed by atoms with E-state index in [0.717, 1.165) is 11.3 Å². The Morgan fingerprint density at radius 3 is 2.53 bits per heavy atom. The van der Waals surface area contributed by atoms with Gasteiger partial charge in [-0.25, -0.2) is 0 Å². The minimum Gasteiger partial charge on any atom is -0.469 e. The highest BCUT2D eigenvalue weighted by molar-refractivity contribution is 14.1. The van der Waals surface area contributed by atoms with E-state index in [9.17, 15) is 5.11 Å². The summed E-state index contributed by atoms with van der Waals surface area (Å²) in [7, 11) is 0. The molecule has 2 rings (SSSR count). The first-order chi connectivity index (χ1) is 7.25. The molecule has 0 aliphatic rings. The molecule has 3 heteroatoms. The number of aliphatic hydroxyl groups is 1. The van der Waals surface area contributed by atoms with Gasteiger partial charge >= 0.3 is 0 Å². The van der Waals surface area contributed by atoms with Crippen LogP contribution in [0.4, 0.5) is 0 Å². The summed E-state index contributed by atoms with van der Waals surface area (Å²) in [4.78, 5) is 0. The third kappa shape index (κ3) is 2.82. The molecule has 0 saturated carbocycles. The number of hydrogen-bond donors (Lipinski definition) is 1. The summed E-state index contributed by atoms with van der Waals surface area (Å²) in [5, 5.41) is 9.92. The number of hydrogen-bond acceptors (Lipinski definition) is 2. The highest BCUT2D eigenvalue weighted by Gasteiger charge is 2.09. The van der Waals surface area contributed by atoms with Crippen LogP contribution in [0.3, 0.4) is 0 Å². The first kappa shape index (κ1) is 10.7. The topological polar surface area (TPSA) is 33.4 Å². The van der Waals surface area contributed by atoms with Gasteiger partial charge in [-0.05, 0) is 52.4 Å². The van der Waals surface area contributed by atoms with E-state index in [0.29, 0.717) is 6.42 Å².